The molecule has 2 aliphatic heterocycles. The highest BCUT2D eigenvalue weighted by molar-refractivity contribution is 6.07. The highest BCUT2D eigenvalue weighted by Crippen LogP contribution is 2.37. The molecule has 2 heterocycles. The number of fused-ring (bicyclic) bond motifs is 1. The number of carbonyl (C=O) groups is 2. The summed E-state index contributed by atoms with van der Waals surface area (Å²) in [6.45, 7) is 4.54. The first-order valence-corrected chi connectivity index (χ1v) is 9.22. The smallest absolute Gasteiger partial charge is 0.325 e. The third-order valence-electron chi connectivity index (χ3n) is 5.10. The molecule has 28 heavy (non-hydrogen) atoms. The summed E-state index contributed by atoms with van der Waals surface area (Å²) in [4.78, 5) is 26.7. The summed E-state index contributed by atoms with van der Waals surface area (Å²) < 4.78 is 16.5. The second-order valence-corrected chi connectivity index (χ2v) is 7.05. The molecule has 2 aliphatic rings. The number of nitrogens with zero attached hydrogens (tertiary/aromatic N) is 1. The van der Waals surface area contributed by atoms with Gasteiger partial charge in [0.1, 0.15) is 11.3 Å². The van der Waals surface area contributed by atoms with Crippen molar-refractivity contribution < 1.29 is 23.8 Å². The molecule has 1 fully saturated rings. The lowest BCUT2D eigenvalue weighted by molar-refractivity contribution is -0.131. The van der Waals surface area contributed by atoms with Gasteiger partial charge in [-0.3, -0.25) is 9.69 Å². The van der Waals surface area contributed by atoms with Crippen molar-refractivity contribution in [1.82, 2.24) is 10.2 Å². The Balaban J connectivity index is 1.40. The van der Waals surface area contributed by atoms with E-state index < -0.39 is 11.6 Å². The van der Waals surface area contributed by atoms with E-state index in [1.165, 1.54) is 4.90 Å². The van der Waals surface area contributed by atoms with E-state index >= 15 is 0 Å². The monoisotopic (exact) mass is 382 g/mol. The topological polar surface area (TPSA) is 77.1 Å². The maximum atomic E-state index is 13.0. The van der Waals surface area contributed by atoms with Crippen molar-refractivity contribution in [3.63, 3.8) is 0 Å². The molecule has 146 valence electrons. The van der Waals surface area contributed by atoms with Crippen molar-refractivity contribution in [2.75, 3.05) is 19.9 Å². The van der Waals surface area contributed by atoms with Crippen LogP contribution in [0, 0.1) is 6.92 Å². The van der Waals surface area contributed by atoms with Crippen molar-refractivity contribution in [2.24, 2.45) is 0 Å². The number of urea groups is 1. The molecule has 2 aromatic carbocycles. The number of nitrogens with one attached hydrogen (secondary N) is 1. The molecule has 0 bridgehead atoms. The average Bonchev–Trinajstić information content (AvgIpc) is 3.24. The first kappa shape index (κ1) is 18.2. The van der Waals surface area contributed by atoms with Gasteiger partial charge in [0.15, 0.2) is 11.5 Å². The third kappa shape index (κ3) is 3.13. The van der Waals surface area contributed by atoms with Crippen LogP contribution in [0.15, 0.2) is 42.5 Å². The zero-order chi connectivity index (χ0) is 19.7. The van der Waals surface area contributed by atoms with Crippen molar-refractivity contribution in [2.45, 2.75) is 25.8 Å². The molecule has 3 amide bonds. The second-order valence-electron chi connectivity index (χ2n) is 7.05. The zero-order valence-electron chi connectivity index (χ0n) is 15.9. The van der Waals surface area contributed by atoms with Gasteiger partial charge < -0.3 is 19.5 Å². The number of benzene rings is 2. The van der Waals surface area contributed by atoms with Gasteiger partial charge >= 0.3 is 6.03 Å². The molecule has 0 spiro atoms. The Bertz CT molecular complexity index is 929. The summed E-state index contributed by atoms with van der Waals surface area (Å²) in [5, 5.41) is 2.81. The summed E-state index contributed by atoms with van der Waals surface area (Å²) in [7, 11) is 0. The van der Waals surface area contributed by atoms with E-state index in [4.69, 9.17) is 14.2 Å². The van der Waals surface area contributed by atoms with E-state index in [0.717, 1.165) is 11.3 Å². The number of rotatable bonds is 6. The Morgan fingerprint density at radius 1 is 1.14 bits per heavy atom. The molecular weight excluding hydrogens is 360 g/mol. The standard InChI is InChI=1S/C21H22N2O5/c1-14-6-3-4-7-16(14)26-11-5-10-23-19(24)21(2,22-20(23)25)15-8-9-17-18(12-15)28-13-27-17/h3-4,6-9,12H,5,10-11,13H2,1-2H3,(H,22,25). The van der Waals surface area contributed by atoms with E-state index in [1.807, 2.05) is 31.2 Å². The van der Waals surface area contributed by atoms with Gasteiger partial charge in [-0.05, 0) is 49.6 Å². The van der Waals surface area contributed by atoms with Gasteiger partial charge in [-0.15, -0.1) is 0 Å². The van der Waals surface area contributed by atoms with Crippen LogP contribution in [0.2, 0.25) is 0 Å². The Morgan fingerprint density at radius 2 is 1.93 bits per heavy atom. The minimum atomic E-state index is -1.13. The van der Waals surface area contributed by atoms with Gasteiger partial charge in [0.25, 0.3) is 5.91 Å². The number of hydrogen-bond donors (Lipinski definition) is 1. The summed E-state index contributed by atoms with van der Waals surface area (Å²) in [6, 6.07) is 12.6. The van der Waals surface area contributed by atoms with Crippen LogP contribution in [0.3, 0.4) is 0 Å². The van der Waals surface area contributed by atoms with Crippen molar-refractivity contribution in [3.05, 3.63) is 53.6 Å². The lowest BCUT2D eigenvalue weighted by atomic mass is 9.91. The lowest BCUT2D eigenvalue weighted by Crippen LogP contribution is -2.41. The van der Waals surface area contributed by atoms with E-state index in [2.05, 4.69) is 5.32 Å². The number of para-hydroxylation sites is 1. The number of hydrogen-bond acceptors (Lipinski definition) is 5. The van der Waals surface area contributed by atoms with Gasteiger partial charge in [-0.1, -0.05) is 24.3 Å². The number of amides is 3. The van der Waals surface area contributed by atoms with E-state index in [9.17, 15) is 9.59 Å². The minimum Gasteiger partial charge on any atom is -0.493 e. The fraction of sp³-hybridized carbons (Fsp3) is 0.333. The fourth-order valence-electron chi connectivity index (χ4n) is 3.43. The van der Waals surface area contributed by atoms with Crippen LogP contribution < -0.4 is 19.5 Å². The van der Waals surface area contributed by atoms with Gasteiger partial charge in [0.2, 0.25) is 6.79 Å². The molecule has 1 N–H and O–H groups in total. The highest BCUT2D eigenvalue weighted by Gasteiger charge is 2.49. The molecule has 2 aromatic rings. The first-order valence-electron chi connectivity index (χ1n) is 9.22. The number of aryl methyl sites for hydroxylation is 1. The molecule has 1 unspecified atom stereocenters. The van der Waals surface area contributed by atoms with Gasteiger partial charge in [0, 0.05) is 6.54 Å². The number of ether oxygens (including phenoxy) is 3. The van der Waals surface area contributed by atoms with Crippen LogP contribution in [-0.2, 0) is 10.3 Å². The van der Waals surface area contributed by atoms with Gasteiger partial charge in [0.05, 0.1) is 6.61 Å². The largest absolute Gasteiger partial charge is 0.493 e. The molecule has 0 aliphatic carbocycles. The molecule has 0 aromatic heterocycles. The van der Waals surface area contributed by atoms with Crippen LogP contribution in [0.5, 0.6) is 17.2 Å². The molecule has 0 radical (unpaired) electrons. The third-order valence-corrected chi connectivity index (χ3v) is 5.10. The number of carbonyl (C=O) groups excluding carboxylic acids is 2. The summed E-state index contributed by atoms with van der Waals surface area (Å²) in [5.74, 6) is 1.73. The molecule has 1 atom stereocenters. The Kier molecular flexibility index (Phi) is 4.58. The van der Waals surface area contributed by atoms with Crippen LogP contribution in [-0.4, -0.2) is 36.8 Å². The maximum absolute atomic E-state index is 13.0. The molecule has 7 nitrogen and oxygen atoms in total. The highest BCUT2D eigenvalue weighted by atomic mass is 16.7. The first-order chi connectivity index (χ1) is 13.5. The average molecular weight is 382 g/mol. The summed E-state index contributed by atoms with van der Waals surface area (Å²) in [6.07, 6.45) is 0.546. The minimum absolute atomic E-state index is 0.156. The van der Waals surface area contributed by atoms with E-state index in [0.29, 0.717) is 30.1 Å². The lowest BCUT2D eigenvalue weighted by Gasteiger charge is -2.22. The number of imide groups is 1. The van der Waals surface area contributed by atoms with Crippen LogP contribution in [0.4, 0.5) is 4.79 Å². The van der Waals surface area contributed by atoms with Crippen LogP contribution in [0.1, 0.15) is 24.5 Å². The van der Waals surface area contributed by atoms with Gasteiger partial charge in [-0.25, -0.2) is 4.79 Å². The molecule has 1 saturated heterocycles. The van der Waals surface area contributed by atoms with Crippen molar-refractivity contribution in [1.29, 1.82) is 0 Å². The quantitative estimate of drug-likeness (QED) is 0.614. The molecule has 4 rings (SSSR count). The molecule has 7 heteroatoms. The maximum Gasteiger partial charge on any atom is 0.325 e. The van der Waals surface area contributed by atoms with Crippen LogP contribution in [0.25, 0.3) is 0 Å². The van der Waals surface area contributed by atoms with Gasteiger partial charge in [-0.2, -0.15) is 0 Å². The Morgan fingerprint density at radius 3 is 2.75 bits per heavy atom. The zero-order valence-corrected chi connectivity index (χ0v) is 15.9. The van der Waals surface area contributed by atoms with Crippen molar-refractivity contribution in [3.8, 4) is 17.2 Å². The predicted octanol–water partition coefficient (Wildman–Crippen LogP) is 2.96. The van der Waals surface area contributed by atoms with E-state index in [1.54, 1.807) is 25.1 Å². The summed E-state index contributed by atoms with van der Waals surface area (Å²) in [5.41, 5.74) is 0.580. The SMILES string of the molecule is Cc1ccccc1OCCCN1C(=O)NC(C)(c2ccc3c(c2)OCO3)C1=O. The normalized spacial score (nSPS) is 20.4. The fourth-order valence-corrected chi connectivity index (χ4v) is 3.43. The second kappa shape index (κ2) is 7.07. The van der Waals surface area contributed by atoms with Crippen LogP contribution >= 0.6 is 0 Å². The Hall–Kier alpha value is -3.22. The molecular formula is C21H22N2O5. The predicted molar refractivity (Wildman–Crippen MR) is 101 cm³/mol. The summed E-state index contributed by atoms with van der Waals surface area (Å²) >= 11 is 0. The van der Waals surface area contributed by atoms with E-state index in [-0.39, 0.29) is 19.2 Å². The Labute approximate surface area is 163 Å². The van der Waals surface area contributed by atoms with Crippen molar-refractivity contribution >= 4 is 11.9 Å². The molecule has 0 saturated carbocycles.